The van der Waals surface area contributed by atoms with E-state index in [1.807, 2.05) is 23.6 Å². The standard InChI is InChI=1S/C15H16ClNO3S2/c1-10(16)8-22(18)9-11-7-21-15(17-11)13-5-4-12(19-2)6-14(13)20-3/h4-7H,1,8-9H2,2-3H3. The van der Waals surface area contributed by atoms with Crippen LogP contribution in [0.15, 0.2) is 35.2 Å². The molecule has 22 heavy (non-hydrogen) atoms. The van der Waals surface area contributed by atoms with E-state index < -0.39 is 10.8 Å². The Kier molecular flexibility index (Phi) is 5.99. The smallest absolute Gasteiger partial charge is 0.132 e. The number of benzene rings is 1. The molecule has 0 N–H and O–H groups in total. The largest absolute Gasteiger partial charge is 0.497 e. The molecule has 1 heterocycles. The zero-order chi connectivity index (χ0) is 16.1. The molecule has 1 unspecified atom stereocenters. The van der Waals surface area contributed by atoms with Crippen molar-refractivity contribution in [2.45, 2.75) is 5.75 Å². The number of methoxy groups -OCH3 is 2. The number of thiazole rings is 1. The van der Waals surface area contributed by atoms with Crippen LogP contribution < -0.4 is 9.47 Å². The fraction of sp³-hybridized carbons (Fsp3) is 0.267. The van der Waals surface area contributed by atoms with Crippen LogP contribution in [0.3, 0.4) is 0 Å². The van der Waals surface area contributed by atoms with Gasteiger partial charge in [-0.1, -0.05) is 18.2 Å². The van der Waals surface area contributed by atoms with Crippen LogP contribution in [0.5, 0.6) is 11.5 Å². The van der Waals surface area contributed by atoms with Crippen molar-refractivity contribution in [1.29, 1.82) is 0 Å². The van der Waals surface area contributed by atoms with E-state index >= 15 is 0 Å². The molecule has 0 saturated heterocycles. The van der Waals surface area contributed by atoms with Gasteiger partial charge in [-0.15, -0.1) is 11.3 Å². The topological polar surface area (TPSA) is 48.4 Å². The number of rotatable bonds is 7. The summed E-state index contributed by atoms with van der Waals surface area (Å²) in [5.41, 5.74) is 1.65. The first-order chi connectivity index (χ1) is 10.5. The first kappa shape index (κ1) is 17.0. The molecule has 0 fully saturated rings. The van der Waals surface area contributed by atoms with Crippen molar-refractivity contribution in [1.82, 2.24) is 4.98 Å². The van der Waals surface area contributed by atoms with E-state index in [1.54, 1.807) is 14.2 Å². The van der Waals surface area contributed by atoms with E-state index in [2.05, 4.69) is 11.6 Å². The van der Waals surface area contributed by atoms with Gasteiger partial charge in [0.15, 0.2) is 0 Å². The van der Waals surface area contributed by atoms with Crippen LogP contribution in [0, 0.1) is 0 Å². The molecule has 0 bridgehead atoms. The van der Waals surface area contributed by atoms with Crippen LogP contribution in [-0.4, -0.2) is 29.2 Å². The molecule has 0 radical (unpaired) electrons. The number of aromatic nitrogens is 1. The summed E-state index contributed by atoms with van der Waals surface area (Å²) in [6.07, 6.45) is 0. The molecule has 7 heteroatoms. The lowest BCUT2D eigenvalue weighted by Crippen LogP contribution is -2.01. The maximum absolute atomic E-state index is 11.9. The lowest BCUT2D eigenvalue weighted by Gasteiger charge is -2.08. The molecule has 118 valence electrons. The number of hydrogen-bond acceptors (Lipinski definition) is 5. The van der Waals surface area contributed by atoms with Crippen LogP contribution in [0.4, 0.5) is 0 Å². The molecule has 2 aromatic rings. The zero-order valence-corrected chi connectivity index (χ0v) is 14.7. The van der Waals surface area contributed by atoms with Gasteiger partial charge in [0, 0.05) is 27.3 Å². The van der Waals surface area contributed by atoms with E-state index in [1.165, 1.54) is 11.3 Å². The van der Waals surface area contributed by atoms with Crippen LogP contribution >= 0.6 is 22.9 Å². The lowest BCUT2D eigenvalue weighted by molar-refractivity contribution is 0.395. The summed E-state index contributed by atoms with van der Waals surface area (Å²) >= 11 is 7.16. The third-order valence-corrected chi connectivity index (χ3v) is 5.32. The van der Waals surface area contributed by atoms with Gasteiger partial charge in [-0.25, -0.2) is 4.98 Å². The van der Waals surface area contributed by atoms with Crippen molar-refractivity contribution in [2.24, 2.45) is 0 Å². The Morgan fingerprint density at radius 2 is 2.18 bits per heavy atom. The molecule has 4 nitrogen and oxygen atoms in total. The quantitative estimate of drug-likeness (QED) is 0.755. The summed E-state index contributed by atoms with van der Waals surface area (Å²) in [6.45, 7) is 3.55. The number of ether oxygens (including phenoxy) is 2. The van der Waals surface area contributed by atoms with E-state index in [0.29, 0.717) is 16.5 Å². The first-order valence-corrected chi connectivity index (χ1v) is 9.13. The molecule has 0 saturated carbocycles. The molecule has 0 aliphatic carbocycles. The van der Waals surface area contributed by atoms with Gasteiger partial charge >= 0.3 is 0 Å². The minimum atomic E-state index is -1.09. The monoisotopic (exact) mass is 357 g/mol. The van der Waals surface area contributed by atoms with E-state index in [4.69, 9.17) is 21.1 Å². The van der Waals surface area contributed by atoms with Gasteiger partial charge in [0.25, 0.3) is 0 Å². The Morgan fingerprint density at radius 3 is 2.82 bits per heavy atom. The van der Waals surface area contributed by atoms with Gasteiger partial charge in [-0.2, -0.15) is 0 Å². The van der Waals surface area contributed by atoms with E-state index in [-0.39, 0.29) is 5.75 Å². The molecule has 1 aromatic carbocycles. The fourth-order valence-corrected chi connectivity index (χ4v) is 4.11. The summed E-state index contributed by atoms with van der Waals surface area (Å²) in [5, 5.41) is 3.11. The SMILES string of the molecule is C=C(Cl)CS(=O)Cc1csc(-c2ccc(OC)cc2OC)n1. The molecule has 0 spiro atoms. The summed E-state index contributed by atoms with van der Waals surface area (Å²) in [5.74, 6) is 2.05. The molecular weight excluding hydrogens is 342 g/mol. The third-order valence-electron chi connectivity index (χ3n) is 2.82. The summed E-state index contributed by atoms with van der Waals surface area (Å²) < 4.78 is 22.4. The van der Waals surface area contributed by atoms with Gasteiger partial charge in [-0.3, -0.25) is 4.21 Å². The summed E-state index contributed by atoms with van der Waals surface area (Å²) in [4.78, 5) is 4.52. The second kappa shape index (κ2) is 7.76. The molecule has 0 aliphatic rings. The number of halogens is 1. The number of nitrogens with zero attached hydrogens (tertiary/aromatic N) is 1. The average molecular weight is 358 g/mol. The van der Waals surface area contributed by atoms with Crippen molar-refractivity contribution < 1.29 is 13.7 Å². The van der Waals surface area contributed by atoms with Crippen LogP contribution in [0.25, 0.3) is 10.6 Å². The molecule has 1 aromatic heterocycles. The van der Waals surface area contributed by atoms with Gasteiger partial charge in [0.05, 0.1) is 37.0 Å². The number of hydrogen-bond donors (Lipinski definition) is 0. The highest BCUT2D eigenvalue weighted by Gasteiger charge is 2.13. The molecule has 0 aliphatic heterocycles. The van der Waals surface area contributed by atoms with Gasteiger partial charge in [0.2, 0.25) is 0 Å². The third kappa shape index (κ3) is 4.32. The Bertz CT molecular complexity index is 700. The Labute approximate surface area is 141 Å². The Hall–Kier alpha value is -1.37. The summed E-state index contributed by atoms with van der Waals surface area (Å²) in [6, 6.07) is 5.57. The lowest BCUT2D eigenvalue weighted by atomic mass is 10.2. The molecule has 2 rings (SSSR count). The van der Waals surface area contributed by atoms with Gasteiger partial charge < -0.3 is 9.47 Å². The first-order valence-electron chi connectivity index (χ1n) is 6.38. The Balaban J connectivity index is 2.21. The van der Waals surface area contributed by atoms with Crippen molar-refractivity contribution in [2.75, 3.05) is 20.0 Å². The minimum Gasteiger partial charge on any atom is -0.497 e. The maximum Gasteiger partial charge on any atom is 0.132 e. The highest BCUT2D eigenvalue weighted by atomic mass is 35.5. The van der Waals surface area contributed by atoms with Crippen molar-refractivity contribution in [3.8, 4) is 22.1 Å². The van der Waals surface area contributed by atoms with Crippen molar-refractivity contribution in [3.05, 3.63) is 40.9 Å². The van der Waals surface area contributed by atoms with E-state index in [9.17, 15) is 4.21 Å². The molecular formula is C15H16ClNO3S2. The predicted octanol–water partition coefficient (Wildman–Crippen LogP) is 3.83. The highest BCUT2D eigenvalue weighted by molar-refractivity contribution is 7.84. The minimum absolute atomic E-state index is 0.278. The Morgan fingerprint density at radius 1 is 1.41 bits per heavy atom. The second-order valence-electron chi connectivity index (χ2n) is 4.46. The maximum atomic E-state index is 11.9. The zero-order valence-electron chi connectivity index (χ0n) is 12.3. The highest BCUT2D eigenvalue weighted by Crippen LogP contribution is 2.35. The normalized spacial score (nSPS) is 12.0. The average Bonchev–Trinajstić information content (AvgIpc) is 2.93. The van der Waals surface area contributed by atoms with E-state index in [0.717, 1.165) is 22.0 Å². The van der Waals surface area contributed by atoms with Crippen LogP contribution in [0.2, 0.25) is 0 Å². The van der Waals surface area contributed by atoms with Crippen LogP contribution in [-0.2, 0) is 16.6 Å². The fourth-order valence-electron chi connectivity index (χ4n) is 1.86. The van der Waals surface area contributed by atoms with Crippen molar-refractivity contribution >= 4 is 33.7 Å². The molecule has 0 amide bonds. The van der Waals surface area contributed by atoms with Crippen molar-refractivity contribution in [3.63, 3.8) is 0 Å². The summed E-state index contributed by atoms with van der Waals surface area (Å²) in [7, 11) is 2.12. The van der Waals surface area contributed by atoms with Crippen LogP contribution in [0.1, 0.15) is 5.69 Å². The van der Waals surface area contributed by atoms with Gasteiger partial charge in [-0.05, 0) is 12.1 Å². The predicted molar refractivity (Wildman–Crippen MR) is 92.4 cm³/mol. The second-order valence-corrected chi connectivity index (χ2v) is 7.31. The molecule has 1 atom stereocenters. The van der Waals surface area contributed by atoms with Gasteiger partial charge in [0.1, 0.15) is 16.5 Å².